The number of fused-ring (bicyclic) bond motifs is 1. The molecule has 6 rings (SSSR count). The number of rotatable bonds is 0. The second-order valence-corrected chi connectivity index (χ2v) is 9.48. The van der Waals surface area contributed by atoms with E-state index in [-0.39, 0.29) is 0 Å². The summed E-state index contributed by atoms with van der Waals surface area (Å²) in [6.07, 6.45) is 4.40. The predicted octanol–water partition coefficient (Wildman–Crippen LogP) is 6.17. The molecule has 0 radical (unpaired) electrons. The Balaban J connectivity index is 0.000000109. The van der Waals surface area contributed by atoms with E-state index in [0.717, 1.165) is 43.2 Å². The number of ether oxygens (including phenoxy) is 3. The van der Waals surface area contributed by atoms with E-state index in [9.17, 15) is 0 Å². The molecule has 0 spiro atoms. The monoisotopic (exact) mass is 411 g/mol. The average molecular weight is 412 g/mol. The van der Waals surface area contributed by atoms with Crippen molar-refractivity contribution in [3.8, 4) is 0 Å². The fourth-order valence-corrected chi connectivity index (χ4v) is 5.09. The molecule has 0 saturated carbocycles. The Hall–Kier alpha value is -1.97. The highest BCUT2D eigenvalue weighted by Crippen LogP contribution is 2.45. The third-order valence-electron chi connectivity index (χ3n) is 7.84. The molecule has 0 aromatic carbocycles. The molecule has 0 saturated heterocycles. The first-order valence-electron chi connectivity index (χ1n) is 11.7. The first kappa shape index (κ1) is 21.3. The summed E-state index contributed by atoms with van der Waals surface area (Å²) in [4.78, 5) is 4.30. The van der Waals surface area contributed by atoms with E-state index in [4.69, 9.17) is 14.2 Å². The van der Waals surface area contributed by atoms with Gasteiger partial charge < -0.3 is 14.2 Å². The minimum atomic E-state index is 0.579. The lowest BCUT2D eigenvalue weighted by Crippen LogP contribution is -2.34. The summed E-state index contributed by atoms with van der Waals surface area (Å²) in [5.41, 5.74) is 4.34. The van der Waals surface area contributed by atoms with Crippen molar-refractivity contribution in [2.24, 2.45) is 23.7 Å². The third-order valence-corrected chi connectivity index (χ3v) is 7.84. The Kier molecular flexibility index (Phi) is 6.13. The number of hydrogen-bond acceptors (Lipinski definition) is 4. The van der Waals surface area contributed by atoms with Gasteiger partial charge in [0.25, 0.3) is 0 Å². The van der Waals surface area contributed by atoms with Gasteiger partial charge in [0.15, 0.2) is 0 Å². The molecule has 5 aliphatic rings. The van der Waals surface area contributed by atoms with Gasteiger partial charge in [0.1, 0.15) is 24.7 Å². The quantitative estimate of drug-likeness (QED) is 0.512. The highest BCUT2D eigenvalue weighted by atomic mass is 16.6. The zero-order valence-electron chi connectivity index (χ0n) is 19.4. The number of nitrogens with zero attached hydrogens (tertiary/aromatic N) is 1. The summed E-state index contributed by atoms with van der Waals surface area (Å²) in [7, 11) is 0. The molecule has 30 heavy (non-hydrogen) atoms. The fraction of sp³-hybridized carbons (Fsp3) is 0.654. The summed E-state index contributed by atoms with van der Waals surface area (Å²) >= 11 is 0. The second-order valence-electron chi connectivity index (χ2n) is 9.48. The third kappa shape index (κ3) is 3.63. The lowest BCUT2D eigenvalue weighted by atomic mass is 9.72. The van der Waals surface area contributed by atoms with Crippen LogP contribution in [0.4, 0.5) is 0 Å². The zero-order valence-corrected chi connectivity index (χ0v) is 19.4. The molecule has 3 aliphatic carbocycles. The van der Waals surface area contributed by atoms with Crippen molar-refractivity contribution in [1.29, 1.82) is 0 Å². The van der Waals surface area contributed by atoms with Crippen LogP contribution in [-0.2, 0) is 14.2 Å². The summed E-state index contributed by atoms with van der Waals surface area (Å²) in [5.74, 6) is 7.58. The molecule has 0 amide bonds. The first-order valence-corrected chi connectivity index (χ1v) is 11.7. The van der Waals surface area contributed by atoms with Gasteiger partial charge in [-0.25, -0.2) is 0 Å². The van der Waals surface area contributed by atoms with Crippen LogP contribution < -0.4 is 0 Å². The molecule has 4 heteroatoms. The molecule has 2 aliphatic heterocycles. The smallest absolute Gasteiger partial charge is 0.137 e. The van der Waals surface area contributed by atoms with Crippen molar-refractivity contribution in [3.63, 3.8) is 0 Å². The van der Waals surface area contributed by atoms with Crippen molar-refractivity contribution < 1.29 is 14.2 Å². The van der Waals surface area contributed by atoms with E-state index in [1.54, 1.807) is 5.57 Å². The van der Waals surface area contributed by atoms with Crippen LogP contribution in [0.2, 0.25) is 0 Å². The van der Waals surface area contributed by atoms with Crippen LogP contribution in [0.1, 0.15) is 77.5 Å². The molecule has 0 fully saturated rings. The number of allylic oxidation sites excluding steroid dienone is 4. The number of hydrogen-bond donors (Lipinski definition) is 0. The van der Waals surface area contributed by atoms with Crippen LogP contribution in [0.3, 0.4) is 0 Å². The van der Waals surface area contributed by atoms with Gasteiger partial charge in [0, 0.05) is 35.6 Å². The van der Waals surface area contributed by atoms with Gasteiger partial charge in [-0.2, -0.15) is 0 Å². The highest BCUT2D eigenvalue weighted by Gasteiger charge is 2.39. The lowest BCUT2D eigenvalue weighted by Gasteiger charge is -2.40. The molecule has 6 unspecified atom stereocenters. The maximum atomic E-state index is 5.54. The average Bonchev–Trinajstić information content (AvgIpc) is 2.83. The molecule has 0 bridgehead atoms. The Labute approximate surface area is 181 Å². The van der Waals surface area contributed by atoms with Gasteiger partial charge in [-0.1, -0.05) is 47.6 Å². The molecule has 1 aromatic heterocycles. The molecule has 4 nitrogen and oxygen atoms in total. The standard InChI is InChI=1S/C9H11N.C9H14O.C8H12O2/c2*1-6-7(2)9-8(6)4-3-5-10-9;1-5-6(2)8-7(5)9-3-4-10-8/h3-7H,1-2H3;6-7H,3-5H2,1-2H3;5-6H,3-4H2,1-2H3. The van der Waals surface area contributed by atoms with Crippen molar-refractivity contribution in [2.75, 3.05) is 19.8 Å². The summed E-state index contributed by atoms with van der Waals surface area (Å²) < 4.78 is 16.4. The van der Waals surface area contributed by atoms with Crippen LogP contribution >= 0.6 is 0 Å². The largest absolute Gasteiger partial charge is 0.498 e. The van der Waals surface area contributed by atoms with E-state index in [0.29, 0.717) is 23.7 Å². The number of aromatic nitrogens is 1. The van der Waals surface area contributed by atoms with Crippen LogP contribution in [0.25, 0.3) is 0 Å². The van der Waals surface area contributed by atoms with E-state index in [1.807, 2.05) is 12.3 Å². The van der Waals surface area contributed by atoms with E-state index < -0.39 is 0 Å². The van der Waals surface area contributed by atoms with Crippen LogP contribution in [0.5, 0.6) is 0 Å². The fourth-order valence-electron chi connectivity index (χ4n) is 5.09. The van der Waals surface area contributed by atoms with Gasteiger partial charge in [-0.05, 0) is 41.9 Å². The van der Waals surface area contributed by atoms with Gasteiger partial charge in [0.05, 0.1) is 12.4 Å². The van der Waals surface area contributed by atoms with Crippen molar-refractivity contribution in [3.05, 3.63) is 52.4 Å². The number of pyridine rings is 1. The van der Waals surface area contributed by atoms with Crippen LogP contribution in [-0.4, -0.2) is 24.8 Å². The normalized spacial score (nSPS) is 34.9. The first-order chi connectivity index (χ1) is 14.4. The van der Waals surface area contributed by atoms with Crippen molar-refractivity contribution in [1.82, 2.24) is 4.98 Å². The summed E-state index contributed by atoms with van der Waals surface area (Å²) in [5, 5.41) is 0. The molecular formula is C26H37NO3. The van der Waals surface area contributed by atoms with E-state index in [1.165, 1.54) is 29.9 Å². The van der Waals surface area contributed by atoms with Gasteiger partial charge in [-0.15, -0.1) is 0 Å². The SMILES string of the molecule is CC1C2=C(OCCC2)C1C.CC1C2=C(OCCO2)C1C.CC1c2cccnc2C1C. The Morgan fingerprint density at radius 1 is 0.700 bits per heavy atom. The van der Waals surface area contributed by atoms with Crippen LogP contribution in [0, 0.1) is 23.7 Å². The molecule has 3 heterocycles. The van der Waals surface area contributed by atoms with E-state index in [2.05, 4.69) is 52.6 Å². The molecule has 0 N–H and O–H groups in total. The maximum Gasteiger partial charge on any atom is 0.137 e. The predicted molar refractivity (Wildman–Crippen MR) is 119 cm³/mol. The molecule has 6 atom stereocenters. The minimum absolute atomic E-state index is 0.579. The Morgan fingerprint density at radius 3 is 1.90 bits per heavy atom. The zero-order chi connectivity index (χ0) is 21.4. The summed E-state index contributed by atoms with van der Waals surface area (Å²) in [6, 6.07) is 4.19. The van der Waals surface area contributed by atoms with E-state index >= 15 is 0 Å². The topological polar surface area (TPSA) is 40.6 Å². The van der Waals surface area contributed by atoms with Gasteiger partial charge in [-0.3, -0.25) is 4.98 Å². The summed E-state index contributed by atoms with van der Waals surface area (Å²) in [6.45, 7) is 15.8. The Morgan fingerprint density at radius 2 is 1.30 bits per heavy atom. The van der Waals surface area contributed by atoms with Crippen molar-refractivity contribution >= 4 is 0 Å². The maximum absolute atomic E-state index is 5.54. The molecule has 164 valence electrons. The van der Waals surface area contributed by atoms with Crippen LogP contribution in [0.15, 0.2) is 41.2 Å². The highest BCUT2D eigenvalue weighted by molar-refractivity contribution is 5.38. The van der Waals surface area contributed by atoms with Gasteiger partial charge in [0.2, 0.25) is 0 Å². The van der Waals surface area contributed by atoms with Gasteiger partial charge >= 0.3 is 0 Å². The Bertz CT molecular complexity index is 733. The minimum Gasteiger partial charge on any atom is -0.498 e. The molecular weight excluding hydrogens is 374 g/mol. The lowest BCUT2D eigenvalue weighted by molar-refractivity contribution is -0.0143. The van der Waals surface area contributed by atoms with Crippen molar-refractivity contribution in [2.45, 2.75) is 66.2 Å². The second kappa shape index (κ2) is 8.64. The molecule has 1 aromatic rings.